The average Bonchev–Trinajstić information content (AvgIpc) is 1.65. The highest BCUT2D eigenvalue weighted by Crippen LogP contribution is 2.38. The van der Waals surface area contributed by atoms with Gasteiger partial charge in [0.1, 0.15) is 34.4 Å². The van der Waals surface area contributed by atoms with Gasteiger partial charge in [0.2, 0.25) is 23.6 Å². The number of H-pyrrole nitrogens is 1. The molecule has 1 aromatic heterocycles. The molecular weight excluding hydrogens is 1100 g/mol. The van der Waals surface area contributed by atoms with E-state index in [1.54, 1.807) is 23.1 Å². The zero-order chi connectivity index (χ0) is 61.7. The molecule has 0 bridgehead atoms. The van der Waals surface area contributed by atoms with Crippen molar-refractivity contribution in [1.82, 2.24) is 45.4 Å². The molecule has 3 saturated heterocycles. The van der Waals surface area contributed by atoms with E-state index in [0.29, 0.717) is 94.4 Å². The fraction of sp³-hybridized carbons (Fsp3) is 0.500. The minimum Gasteiger partial charge on any atom is -0.508 e. The van der Waals surface area contributed by atoms with Gasteiger partial charge < -0.3 is 51.1 Å². The zero-order valence-electron chi connectivity index (χ0n) is 50.6. The van der Waals surface area contributed by atoms with Gasteiger partial charge in [-0.1, -0.05) is 119 Å². The van der Waals surface area contributed by atoms with Crippen LogP contribution >= 0.6 is 0 Å². The fourth-order valence-electron chi connectivity index (χ4n) is 11.5. The molecule has 8 N–H and O–H groups in total. The normalized spacial score (nSPS) is 18.5. The SMILES string of the molecule is CC(C)C[C@H](NC(=O)[C@@H](Cc1ccccc1)C(CC(C)C)(NC(=O)[C@H](CCc1ccccc1)NC(=O)CN1CCOCC1)C(N)=O)/C(=N/OCC(=O)N1CCN(Cc2ccc(-n3c(-c4cc(C(C)C)c(O)cc4O)n[nH]c3=O)cc2)CC1)[C@@]1(C)CO1. The smallest absolute Gasteiger partial charge is 0.348 e. The number of nitrogens with two attached hydrogens (primary N) is 1. The molecule has 3 aliphatic rings. The summed E-state index contributed by atoms with van der Waals surface area (Å²) < 4.78 is 12.8. The van der Waals surface area contributed by atoms with Crippen molar-refractivity contribution in [3.8, 4) is 28.6 Å². The Labute approximate surface area is 502 Å². The molecule has 0 saturated carbocycles. The minimum atomic E-state index is -1.96. The van der Waals surface area contributed by atoms with E-state index in [0.717, 1.165) is 16.7 Å². The van der Waals surface area contributed by atoms with E-state index < -0.39 is 52.6 Å². The monoisotopic (exact) mass is 1180 g/mol. The summed E-state index contributed by atoms with van der Waals surface area (Å²) in [6.45, 7) is 18.1. The Kier molecular flexibility index (Phi) is 21.6. The first-order chi connectivity index (χ1) is 41.1. The Hall–Kier alpha value is -7.92. The van der Waals surface area contributed by atoms with Crippen LogP contribution in [0.15, 0.2) is 107 Å². The number of morpholine rings is 1. The third-order valence-electron chi connectivity index (χ3n) is 16.2. The topological polar surface area (TPSA) is 292 Å². The third-order valence-corrected chi connectivity index (χ3v) is 16.2. The molecule has 4 heterocycles. The second-order valence-electron chi connectivity index (χ2n) is 24.3. The van der Waals surface area contributed by atoms with Gasteiger partial charge in [0.05, 0.1) is 49.6 Å². The van der Waals surface area contributed by atoms with Gasteiger partial charge in [-0.15, -0.1) is 0 Å². The van der Waals surface area contributed by atoms with Crippen LogP contribution in [0.1, 0.15) is 95.9 Å². The van der Waals surface area contributed by atoms with E-state index in [4.69, 9.17) is 20.0 Å². The van der Waals surface area contributed by atoms with Crippen LogP contribution in [0, 0.1) is 17.8 Å². The van der Waals surface area contributed by atoms with Gasteiger partial charge in [-0.2, -0.15) is 5.10 Å². The van der Waals surface area contributed by atoms with Crippen LogP contribution in [-0.2, 0) is 57.7 Å². The summed E-state index contributed by atoms with van der Waals surface area (Å²) in [4.78, 5) is 97.3. The number of rotatable bonds is 28. The number of amides is 5. The number of nitrogens with one attached hydrogen (secondary N) is 4. The molecule has 5 aromatic rings. The fourth-order valence-corrected chi connectivity index (χ4v) is 11.5. The van der Waals surface area contributed by atoms with Crippen LogP contribution < -0.4 is 27.4 Å². The van der Waals surface area contributed by atoms with Crippen molar-refractivity contribution in [3.05, 3.63) is 130 Å². The number of piperazine rings is 1. The maximum Gasteiger partial charge on any atom is 0.348 e. The van der Waals surface area contributed by atoms with E-state index in [9.17, 15) is 34.2 Å². The van der Waals surface area contributed by atoms with Crippen molar-refractivity contribution in [2.45, 2.75) is 116 Å². The predicted molar refractivity (Wildman–Crippen MR) is 325 cm³/mol. The van der Waals surface area contributed by atoms with Gasteiger partial charge in [-0.25, -0.2) is 14.5 Å². The summed E-state index contributed by atoms with van der Waals surface area (Å²) in [7, 11) is 0. The molecule has 0 aliphatic carbocycles. The number of carbonyl (C=O) groups excluding carboxylic acids is 5. The number of aromatic amines is 1. The number of benzene rings is 4. The van der Waals surface area contributed by atoms with Crippen molar-refractivity contribution in [1.29, 1.82) is 0 Å². The number of epoxide rings is 1. The molecular formula is C64H85N11O11. The van der Waals surface area contributed by atoms with E-state index in [-0.39, 0.29) is 85.9 Å². The highest BCUT2D eigenvalue weighted by Gasteiger charge is 2.53. The quantitative estimate of drug-likeness (QED) is 0.0201. The summed E-state index contributed by atoms with van der Waals surface area (Å²) in [5, 5.41) is 41.7. The van der Waals surface area contributed by atoms with Crippen LogP contribution in [0.3, 0.4) is 0 Å². The first kappa shape index (κ1) is 64.1. The largest absolute Gasteiger partial charge is 0.508 e. The lowest BCUT2D eigenvalue weighted by Gasteiger charge is -2.41. The van der Waals surface area contributed by atoms with Crippen LogP contribution in [0.25, 0.3) is 17.1 Å². The van der Waals surface area contributed by atoms with Gasteiger partial charge in [0, 0.05) is 51.9 Å². The van der Waals surface area contributed by atoms with Crippen LogP contribution in [0.5, 0.6) is 11.5 Å². The Morgan fingerprint density at radius 2 is 1.44 bits per heavy atom. The van der Waals surface area contributed by atoms with Gasteiger partial charge >= 0.3 is 5.69 Å². The number of ether oxygens (including phenoxy) is 2. The van der Waals surface area contributed by atoms with Crippen molar-refractivity contribution < 1.29 is 48.5 Å². The lowest BCUT2D eigenvalue weighted by Crippen LogP contribution is -2.68. The number of phenolic OH excluding ortho intramolecular Hbond substituents is 2. The third kappa shape index (κ3) is 16.5. The lowest BCUT2D eigenvalue weighted by molar-refractivity contribution is -0.142. The number of aromatic hydroxyl groups is 2. The van der Waals surface area contributed by atoms with E-state index in [1.165, 1.54) is 10.6 Å². The number of hydrogen-bond acceptors (Lipinski definition) is 15. The predicted octanol–water partition coefficient (Wildman–Crippen LogP) is 4.79. The van der Waals surface area contributed by atoms with Crippen molar-refractivity contribution >= 4 is 35.2 Å². The Balaban J connectivity index is 0.959. The van der Waals surface area contributed by atoms with Gasteiger partial charge in [0.25, 0.3) is 5.91 Å². The molecule has 22 nitrogen and oxygen atoms in total. The number of phenols is 2. The highest BCUT2D eigenvalue weighted by molar-refractivity contribution is 6.03. The van der Waals surface area contributed by atoms with Crippen molar-refractivity contribution in [2.75, 3.05) is 72.2 Å². The van der Waals surface area contributed by atoms with Gasteiger partial charge in [-0.3, -0.25) is 33.8 Å². The molecule has 8 rings (SSSR count). The number of aryl methyl sites for hydroxylation is 1. The Morgan fingerprint density at radius 3 is 2.05 bits per heavy atom. The second-order valence-corrected chi connectivity index (χ2v) is 24.3. The average molecular weight is 1180 g/mol. The molecule has 462 valence electrons. The lowest BCUT2D eigenvalue weighted by atomic mass is 9.73. The number of oxime groups is 1. The summed E-state index contributed by atoms with van der Waals surface area (Å²) >= 11 is 0. The molecule has 5 atom stereocenters. The van der Waals surface area contributed by atoms with Crippen molar-refractivity contribution in [3.63, 3.8) is 0 Å². The first-order valence-electron chi connectivity index (χ1n) is 29.9. The molecule has 0 spiro atoms. The highest BCUT2D eigenvalue weighted by atomic mass is 16.6. The molecule has 86 heavy (non-hydrogen) atoms. The van der Waals surface area contributed by atoms with E-state index in [2.05, 4.69) is 36.2 Å². The maximum atomic E-state index is 15.5. The Morgan fingerprint density at radius 1 is 0.791 bits per heavy atom. The Bertz CT molecular complexity index is 3200. The maximum absolute atomic E-state index is 15.5. The standard InChI is InChI=1S/C64H85N11O11/c1-41(2)32-52(67-59(80)50(33-45-16-12-9-13-17-45)64(61(65)82,36-42(3)4)68-60(81)51(23-20-44-14-10-8-11-15-44)66-55(78)38-73-28-30-84-31-29-73)57(63(7)40-85-63)71-86-39-56(79)74-26-24-72(25-27-74)37-46-18-21-47(22-19-46)75-58(69-70-62(75)83)49-34-48(43(5)6)53(76)35-54(49)77/h8-19,21-22,34-35,41-43,50-52,76-77H,20,23-33,36-40H2,1-7H3,(H2,65,82)(H,66,78)(H,67,80)(H,68,81)(H,70,83)/b71-57-/t50-,51+,52+,63-,64?/m1/s1. The molecule has 3 aliphatic heterocycles. The number of primary amides is 1. The first-order valence-corrected chi connectivity index (χ1v) is 29.9. The number of nitrogens with zero attached hydrogens (tertiary/aromatic N) is 6. The summed E-state index contributed by atoms with van der Waals surface area (Å²) in [6.07, 6.45) is 0.987. The van der Waals surface area contributed by atoms with Crippen LogP contribution in [0.4, 0.5) is 0 Å². The van der Waals surface area contributed by atoms with Gasteiger partial charge in [-0.05, 0) is 97.2 Å². The summed E-state index contributed by atoms with van der Waals surface area (Å²) in [5.74, 6) is -4.41. The van der Waals surface area contributed by atoms with Gasteiger partial charge in [0.15, 0.2) is 12.4 Å². The second kappa shape index (κ2) is 29.0. The number of carbonyl (C=O) groups is 5. The van der Waals surface area contributed by atoms with E-state index in [1.807, 2.05) is 126 Å². The zero-order valence-corrected chi connectivity index (χ0v) is 50.6. The van der Waals surface area contributed by atoms with Crippen LogP contribution in [-0.4, -0.2) is 170 Å². The number of hydrogen-bond donors (Lipinski definition) is 7. The molecule has 22 heteroatoms. The molecule has 4 aromatic carbocycles. The molecule has 1 unspecified atom stereocenters. The number of aromatic nitrogens is 3. The van der Waals surface area contributed by atoms with Crippen molar-refractivity contribution in [2.24, 2.45) is 28.6 Å². The van der Waals surface area contributed by atoms with E-state index >= 15 is 4.79 Å². The molecule has 0 radical (unpaired) electrons. The molecule has 3 fully saturated rings. The summed E-state index contributed by atoms with van der Waals surface area (Å²) in [5.41, 5.74) is 7.53. The summed E-state index contributed by atoms with van der Waals surface area (Å²) in [6, 6.07) is 27.2. The minimum absolute atomic E-state index is 0.00176. The molecule has 5 amide bonds. The van der Waals surface area contributed by atoms with Crippen LogP contribution in [0.2, 0.25) is 0 Å².